The van der Waals surface area contributed by atoms with E-state index in [1.807, 2.05) is 42.6 Å². The van der Waals surface area contributed by atoms with Crippen LogP contribution >= 0.6 is 0 Å². The van der Waals surface area contributed by atoms with Gasteiger partial charge >= 0.3 is 0 Å². The zero-order chi connectivity index (χ0) is 46.8. The molecule has 10 rings (SSSR count). The second kappa shape index (κ2) is 20.3. The summed E-state index contributed by atoms with van der Waals surface area (Å²) in [7, 11) is -1.40. The van der Waals surface area contributed by atoms with Gasteiger partial charge in [0.05, 0.1) is 25.0 Å². The SMILES string of the molecule is CC(C)c1cc(-c2[c-]ccc(-c3ccccc3)c2)ncc1[Si](C)(C)C.Cc1cc(C)c(-c2ccnc(-c3[c-]cc4oc5cc(-c6ccccc6)nc(C(C)c6ccccc6)c5c4c3)c2)c(C)c1.[Ir]. The number of aromatic nitrogens is 3. The number of benzene rings is 6. The van der Waals surface area contributed by atoms with Gasteiger partial charge < -0.3 is 14.4 Å². The van der Waals surface area contributed by atoms with Crippen LogP contribution in [0.4, 0.5) is 0 Å². The Kier molecular flexibility index (Phi) is 14.3. The van der Waals surface area contributed by atoms with Gasteiger partial charge in [0.25, 0.3) is 0 Å². The molecule has 0 aliphatic carbocycles. The van der Waals surface area contributed by atoms with Crippen molar-refractivity contribution in [2.45, 2.75) is 73.0 Å². The maximum absolute atomic E-state index is 6.48. The molecule has 1 atom stereocenters. The van der Waals surface area contributed by atoms with Crippen molar-refractivity contribution in [1.82, 2.24) is 15.0 Å². The maximum atomic E-state index is 6.48. The van der Waals surface area contributed by atoms with Gasteiger partial charge in [-0.1, -0.05) is 172 Å². The Hall–Kier alpha value is -6.56. The maximum Gasteiger partial charge on any atom is 0.124 e. The second-order valence-electron chi connectivity index (χ2n) is 19.1. The van der Waals surface area contributed by atoms with Crippen LogP contribution < -0.4 is 5.19 Å². The molecule has 0 fully saturated rings. The van der Waals surface area contributed by atoms with Crippen LogP contribution in [0.15, 0.2) is 175 Å². The molecule has 0 bridgehead atoms. The topological polar surface area (TPSA) is 51.8 Å². The molecule has 341 valence electrons. The van der Waals surface area contributed by atoms with E-state index in [4.69, 9.17) is 19.4 Å². The van der Waals surface area contributed by atoms with Crippen LogP contribution in [0.25, 0.3) is 78.0 Å². The third kappa shape index (κ3) is 10.1. The summed E-state index contributed by atoms with van der Waals surface area (Å²) in [5.41, 5.74) is 19.8. The van der Waals surface area contributed by atoms with Crippen molar-refractivity contribution < 1.29 is 24.5 Å². The number of aryl methyl sites for hydroxylation is 3. The second-order valence-corrected chi connectivity index (χ2v) is 24.2. The number of pyridine rings is 3. The molecule has 0 spiro atoms. The minimum atomic E-state index is -1.40. The largest absolute Gasteiger partial charge is 0.500 e. The van der Waals surface area contributed by atoms with Crippen molar-refractivity contribution >= 4 is 35.2 Å². The summed E-state index contributed by atoms with van der Waals surface area (Å²) in [6.45, 7) is 20.4. The predicted octanol–water partition coefficient (Wildman–Crippen LogP) is 16.1. The van der Waals surface area contributed by atoms with Crippen molar-refractivity contribution in [1.29, 1.82) is 0 Å². The first-order valence-corrected chi connectivity index (χ1v) is 26.8. The number of fused-ring (bicyclic) bond motifs is 3. The Morgan fingerprint density at radius 1 is 0.574 bits per heavy atom. The standard InChI is InChI=1S/C39H31N2O.C23H26NSi.Ir/c1-24-19-25(2)37(26(3)20-24)31-17-18-40-33(22-31)30-15-16-35-32(21-30)38-36(42-35)23-34(29-13-9-6-10-14-29)41-39(38)27(4)28-11-7-5-8-12-28;1-17(2)21-15-22(24-16-23(21)25(3,4)5)20-13-9-12-19(14-20)18-10-7-6-8-11-18;/h5-14,16-23,27H,1-4H3;6-12,14-17H,1-5H3;/q2*-1;. The molecule has 6 aromatic carbocycles. The summed E-state index contributed by atoms with van der Waals surface area (Å²) in [6, 6.07) is 61.6. The fourth-order valence-corrected chi connectivity index (χ4v) is 11.1. The quantitative estimate of drug-likeness (QED) is 0.107. The van der Waals surface area contributed by atoms with Crippen molar-refractivity contribution in [2.24, 2.45) is 0 Å². The fraction of sp³-hybridized carbons (Fsp3) is 0.177. The summed E-state index contributed by atoms with van der Waals surface area (Å²) in [4.78, 5) is 14.8. The van der Waals surface area contributed by atoms with E-state index in [1.54, 1.807) is 0 Å². The van der Waals surface area contributed by atoms with Crippen LogP contribution in [-0.4, -0.2) is 23.0 Å². The van der Waals surface area contributed by atoms with Gasteiger partial charge in [0, 0.05) is 55.4 Å². The van der Waals surface area contributed by atoms with Crippen molar-refractivity contribution in [3.8, 4) is 56.0 Å². The number of hydrogen-bond donors (Lipinski definition) is 0. The molecular formula is C62H57IrN3OSi-2. The Balaban J connectivity index is 0.000000206. The number of rotatable bonds is 9. The van der Waals surface area contributed by atoms with Gasteiger partial charge in [0.2, 0.25) is 0 Å². The summed E-state index contributed by atoms with van der Waals surface area (Å²) >= 11 is 0. The Bertz CT molecular complexity index is 3330. The van der Waals surface area contributed by atoms with Gasteiger partial charge in [-0.2, -0.15) is 0 Å². The molecule has 0 saturated carbocycles. The van der Waals surface area contributed by atoms with E-state index in [0.29, 0.717) is 5.92 Å². The molecule has 4 aromatic heterocycles. The summed E-state index contributed by atoms with van der Waals surface area (Å²) in [5.74, 6) is 0.570. The normalized spacial score (nSPS) is 11.9. The van der Waals surface area contributed by atoms with E-state index in [1.165, 1.54) is 49.7 Å². The first-order valence-electron chi connectivity index (χ1n) is 23.3. The fourth-order valence-electron chi connectivity index (χ4n) is 9.40. The first kappa shape index (κ1) is 47.9. The van der Waals surface area contributed by atoms with E-state index in [0.717, 1.165) is 67.0 Å². The minimum Gasteiger partial charge on any atom is -0.500 e. The van der Waals surface area contributed by atoms with Crippen LogP contribution in [-0.2, 0) is 20.1 Å². The first-order chi connectivity index (χ1) is 32.3. The Morgan fingerprint density at radius 2 is 1.21 bits per heavy atom. The molecule has 6 heteroatoms. The number of nitrogens with zero attached hydrogens (tertiary/aromatic N) is 3. The predicted molar refractivity (Wildman–Crippen MR) is 284 cm³/mol. The van der Waals surface area contributed by atoms with Crippen LogP contribution in [0.1, 0.15) is 66.1 Å². The smallest absolute Gasteiger partial charge is 0.124 e. The number of hydrogen-bond acceptors (Lipinski definition) is 4. The van der Waals surface area contributed by atoms with Crippen molar-refractivity contribution in [2.75, 3.05) is 0 Å². The van der Waals surface area contributed by atoms with Crippen LogP contribution in [0, 0.1) is 32.9 Å². The van der Waals surface area contributed by atoms with Crippen LogP contribution in [0.2, 0.25) is 19.6 Å². The monoisotopic (exact) mass is 1080 g/mol. The molecule has 68 heavy (non-hydrogen) atoms. The minimum absolute atomic E-state index is 0. The zero-order valence-corrected chi connectivity index (χ0v) is 43.8. The molecule has 4 heterocycles. The van der Waals surface area contributed by atoms with Gasteiger partial charge in [0.1, 0.15) is 5.58 Å². The van der Waals surface area contributed by atoms with Crippen molar-refractivity contribution in [3.05, 3.63) is 216 Å². The van der Waals surface area contributed by atoms with Gasteiger partial charge in [0.15, 0.2) is 0 Å². The molecular weight excluding hydrogens is 1020 g/mol. The van der Waals surface area contributed by atoms with Gasteiger partial charge in [-0.3, -0.25) is 4.98 Å². The van der Waals surface area contributed by atoms with Crippen LogP contribution in [0.3, 0.4) is 0 Å². The van der Waals surface area contributed by atoms with E-state index < -0.39 is 8.07 Å². The molecule has 4 nitrogen and oxygen atoms in total. The molecule has 0 aliphatic rings. The molecule has 0 aliphatic heterocycles. The molecule has 0 saturated heterocycles. The molecule has 10 aromatic rings. The zero-order valence-electron chi connectivity index (χ0n) is 40.4. The number of furan rings is 1. The van der Waals surface area contributed by atoms with E-state index in [2.05, 4.69) is 201 Å². The van der Waals surface area contributed by atoms with Crippen molar-refractivity contribution in [3.63, 3.8) is 0 Å². The van der Waals surface area contributed by atoms with Gasteiger partial charge in [-0.25, -0.2) is 0 Å². The Morgan fingerprint density at radius 3 is 1.87 bits per heavy atom. The third-order valence-electron chi connectivity index (χ3n) is 12.7. The van der Waals surface area contributed by atoms with Gasteiger partial charge in [-0.05, 0) is 82.7 Å². The average Bonchev–Trinajstić information content (AvgIpc) is 3.72. The third-order valence-corrected chi connectivity index (χ3v) is 14.8. The van der Waals surface area contributed by atoms with E-state index in [9.17, 15) is 0 Å². The summed E-state index contributed by atoms with van der Waals surface area (Å²) in [6.07, 6.45) is 4.01. The average molecular weight is 1080 g/mol. The van der Waals surface area contributed by atoms with Gasteiger partial charge in [-0.15, -0.1) is 59.2 Å². The Labute approximate surface area is 417 Å². The molecule has 0 amide bonds. The molecule has 0 N–H and O–H groups in total. The summed E-state index contributed by atoms with van der Waals surface area (Å²) in [5, 5.41) is 3.53. The molecule has 1 unspecified atom stereocenters. The summed E-state index contributed by atoms with van der Waals surface area (Å²) < 4.78 is 6.48. The van der Waals surface area contributed by atoms with E-state index >= 15 is 0 Å². The van der Waals surface area contributed by atoms with Crippen LogP contribution in [0.5, 0.6) is 0 Å². The van der Waals surface area contributed by atoms with E-state index in [-0.39, 0.29) is 26.0 Å². The molecule has 1 radical (unpaired) electrons.